The summed E-state index contributed by atoms with van der Waals surface area (Å²) in [6, 6.07) is 12.1. The number of fused-ring (bicyclic) bond motifs is 1. The largest absolute Gasteiger partial charge is 0.416 e. The minimum atomic E-state index is -4.31. The number of pyridine rings is 1. The van der Waals surface area contributed by atoms with E-state index in [-0.39, 0.29) is 17.3 Å². The highest BCUT2D eigenvalue weighted by Gasteiger charge is 2.30. The zero-order chi connectivity index (χ0) is 22.9. The molecule has 0 saturated carbocycles. The summed E-state index contributed by atoms with van der Waals surface area (Å²) < 4.78 is 60.0. The lowest BCUT2D eigenvalue weighted by Crippen LogP contribution is -2.09. The molecule has 0 fully saturated rings. The SMILES string of the molecule is CC.Cc1cccc(S(=O)(=O)CCO)c1.Cc1ccnc2cc(C(F)(F)F)ccc12. The molecule has 1 aromatic heterocycles. The van der Waals surface area contributed by atoms with E-state index in [0.29, 0.717) is 5.52 Å². The summed E-state index contributed by atoms with van der Waals surface area (Å²) in [5, 5.41) is 9.31. The van der Waals surface area contributed by atoms with Gasteiger partial charge in [-0.1, -0.05) is 32.0 Å². The molecule has 0 aliphatic carbocycles. The van der Waals surface area contributed by atoms with Gasteiger partial charge in [0.05, 0.1) is 28.3 Å². The van der Waals surface area contributed by atoms with Crippen LogP contribution in [0.4, 0.5) is 13.2 Å². The number of aryl methyl sites for hydroxylation is 2. The summed E-state index contributed by atoms with van der Waals surface area (Å²) in [5.41, 5.74) is 1.55. The third-order valence-electron chi connectivity index (χ3n) is 4.00. The first-order chi connectivity index (χ1) is 14.0. The third kappa shape index (κ3) is 7.11. The molecule has 0 aliphatic rings. The van der Waals surface area contributed by atoms with Crippen LogP contribution in [0.1, 0.15) is 30.5 Å². The highest BCUT2D eigenvalue weighted by Crippen LogP contribution is 2.31. The van der Waals surface area contributed by atoms with Gasteiger partial charge in [-0.15, -0.1) is 0 Å². The fraction of sp³-hybridized carbons (Fsp3) is 0.318. The molecule has 0 unspecified atom stereocenters. The van der Waals surface area contributed by atoms with Crippen LogP contribution in [-0.2, 0) is 16.0 Å². The molecule has 3 aromatic rings. The number of sulfone groups is 1. The van der Waals surface area contributed by atoms with E-state index in [1.807, 2.05) is 33.8 Å². The van der Waals surface area contributed by atoms with Crippen LogP contribution >= 0.6 is 0 Å². The molecule has 0 radical (unpaired) electrons. The summed E-state index contributed by atoms with van der Waals surface area (Å²) in [5.74, 6) is -0.212. The van der Waals surface area contributed by atoms with E-state index in [9.17, 15) is 21.6 Å². The van der Waals surface area contributed by atoms with Crippen molar-refractivity contribution in [3.8, 4) is 0 Å². The van der Waals surface area contributed by atoms with E-state index < -0.39 is 21.6 Å². The van der Waals surface area contributed by atoms with Crippen molar-refractivity contribution in [2.45, 2.75) is 38.8 Å². The molecule has 8 heteroatoms. The van der Waals surface area contributed by atoms with Gasteiger partial charge in [0, 0.05) is 11.6 Å². The number of rotatable bonds is 3. The minimum Gasteiger partial charge on any atom is -0.395 e. The predicted molar refractivity (Wildman–Crippen MR) is 113 cm³/mol. The summed E-state index contributed by atoms with van der Waals surface area (Å²) >= 11 is 0. The Kier molecular flexibility index (Phi) is 9.45. The monoisotopic (exact) mass is 441 g/mol. The summed E-state index contributed by atoms with van der Waals surface area (Å²) in [6.45, 7) is 7.34. The quantitative estimate of drug-likeness (QED) is 0.595. The lowest BCUT2D eigenvalue weighted by Gasteiger charge is -2.07. The number of aliphatic hydroxyl groups is 1. The van der Waals surface area contributed by atoms with E-state index in [4.69, 9.17) is 5.11 Å². The predicted octanol–water partition coefficient (Wildman–Crippen LogP) is 5.35. The van der Waals surface area contributed by atoms with Crippen molar-refractivity contribution in [3.63, 3.8) is 0 Å². The molecule has 4 nitrogen and oxygen atoms in total. The zero-order valence-corrected chi connectivity index (χ0v) is 18.2. The standard InChI is InChI=1S/C11H8F3N.C9H12O3S.C2H6/c1-7-4-5-15-10-6-8(11(12,13)14)2-3-9(7)10;1-8-3-2-4-9(7-8)13(11,12)6-5-10;1-2/h2-6H,1H3;2-4,7,10H,5-6H2,1H3;1-2H3. The molecule has 164 valence electrons. The number of benzene rings is 2. The van der Waals surface area contributed by atoms with E-state index in [2.05, 4.69) is 4.98 Å². The smallest absolute Gasteiger partial charge is 0.395 e. The van der Waals surface area contributed by atoms with Gasteiger partial charge in [0.2, 0.25) is 0 Å². The summed E-state index contributed by atoms with van der Waals surface area (Å²) in [7, 11) is -3.28. The highest BCUT2D eigenvalue weighted by atomic mass is 32.2. The average Bonchev–Trinajstić information content (AvgIpc) is 2.69. The van der Waals surface area contributed by atoms with Gasteiger partial charge in [0.15, 0.2) is 9.84 Å². The molecule has 3 rings (SSSR count). The first-order valence-corrected chi connectivity index (χ1v) is 11.0. The van der Waals surface area contributed by atoms with Crippen molar-refractivity contribution in [2.24, 2.45) is 0 Å². The maximum absolute atomic E-state index is 12.4. The molecule has 1 N–H and O–H groups in total. The van der Waals surface area contributed by atoms with Crippen molar-refractivity contribution in [2.75, 3.05) is 12.4 Å². The van der Waals surface area contributed by atoms with Gasteiger partial charge in [-0.05, 0) is 55.3 Å². The Morgan fingerprint density at radius 3 is 2.23 bits per heavy atom. The van der Waals surface area contributed by atoms with Crippen LogP contribution < -0.4 is 0 Å². The van der Waals surface area contributed by atoms with E-state index in [1.165, 1.54) is 18.3 Å². The lowest BCUT2D eigenvalue weighted by molar-refractivity contribution is -0.137. The van der Waals surface area contributed by atoms with Gasteiger partial charge in [-0.25, -0.2) is 8.42 Å². The number of hydrogen-bond acceptors (Lipinski definition) is 4. The fourth-order valence-electron chi connectivity index (χ4n) is 2.51. The number of hydrogen-bond donors (Lipinski definition) is 1. The highest BCUT2D eigenvalue weighted by molar-refractivity contribution is 7.91. The Labute approximate surface area is 175 Å². The van der Waals surface area contributed by atoms with Crippen molar-refractivity contribution < 1.29 is 26.7 Å². The minimum absolute atomic E-state index is 0.212. The molecule has 0 atom stereocenters. The second-order valence-corrected chi connectivity index (χ2v) is 8.33. The molecule has 0 aliphatic heterocycles. The van der Waals surface area contributed by atoms with E-state index in [0.717, 1.165) is 28.6 Å². The Balaban J connectivity index is 0.000000280. The van der Waals surface area contributed by atoms with Gasteiger partial charge in [-0.2, -0.15) is 13.2 Å². The van der Waals surface area contributed by atoms with Gasteiger partial charge in [0.1, 0.15) is 0 Å². The molecule has 1 heterocycles. The van der Waals surface area contributed by atoms with Crippen molar-refractivity contribution in [3.05, 3.63) is 71.4 Å². The summed E-state index contributed by atoms with van der Waals surface area (Å²) in [6.07, 6.45) is -2.79. The zero-order valence-electron chi connectivity index (χ0n) is 17.4. The first-order valence-electron chi connectivity index (χ1n) is 9.37. The molecule has 0 bridgehead atoms. The number of alkyl halides is 3. The summed E-state index contributed by atoms with van der Waals surface area (Å²) in [4.78, 5) is 4.20. The third-order valence-corrected chi connectivity index (χ3v) is 5.69. The number of nitrogens with zero attached hydrogens (tertiary/aromatic N) is 1. The Morgan fingerprint density at radius 1 is 1.00 bits per heavy atom. The van der Waals surface area contributed by atoms with Gasteiger partial charge < -0.3 is 5.11 Å². The van der Waals surface area contributed by atoms with Crippen molar-refractivity contribution in [1.82, 2.24) is 4.98 Å². The van der Waals surface area contributed by atoms with Crippen LogP contribution in [0, 0.1) is 13.8 Å². The topological polar surface area (TPSA) is 67.3 Å². The number of halogens is 3. The number of aromatic nitrogens is 1. The van der Waals surface area contributed by atoms with E-state index >= 15 is 0 Å². The molecular weight excluding hydrogens is 415 g/mol. The molecule has 0 amide bonds. The van der Waals surface area contributed by atoms with Crippen LogP contribution in [0.15, 0.2) is 59.6 Å². The Hall–Kier alpha value is -2.45. The second-order valence-electron chi connectivity index (χ2n) is 6.22. The molecular formula is C22H26F3NO3S. The fourth-order valence-corrected chi connectivity index (χ4v) is 3.64. The average molecular weight is 442 g/mol. The van der Waals surface area contributed by atoms with Gasteiger partial charge in [-0.3, -0.25) is 4.98 Å². The van der Waals surface area contributed by atoms with Crippen LogP contribution in [0.3, 0.4) is 0 Å². The van der Waals surface area contributed by atoms with Crippen LogP contribution in [0.5, 0.6) is 0 Å². The van der Waals surface area contributed by atoms with Gasteiger partial charge in [0.25, 0.3) is 0 Å². The van der Waals surface area contributed by atoms with Crippen LogP contribution in [-0.4, -0.2) is 30.9 Å². The molecule has 2 aromatic carbocycles. The normalized spacial score (nSPS) is 11.2. The van der Waals surface area contributed by atoms with Crippen molar-refractivity contribution in [1.29, 1.82) is 0 Å². The second kappa shape index (κ2) is 11.1. The van der Waals surface area contributed by atoms with Crippen molar-refractivity contribution >= 4 is 20.7 Å². The maximum atomic E-state index is 12.4. The molecule has 30 heavy (non-hydrogen) atoms. The molecule has 0 spiro atoms. The number of aliphatic hydroxyl groups excluding tert-OH is 1. The first kappa shape index (κ1) is 25.6. The Morgan fingerprint density at radius 2 is 1.67 bits per heavy atom. The molecule has 0 saturated heterocycles. The lowest BCUT2D eigenvalue weighted by atomic mass is 10.1. The maximum Gasteiger partial charge on any atom is 0.416 e. The Bertz CT molecular complexity index is 1060. The van der Waals surface area contributed by atoms with E-state index in [1.54, 1.807) is 18.2 Å². The van der Waals surface area contributed by atoms with Crippen LogP contribution in [0.2, 0.25) is 0 Å². The van der Waals surface area contributed by atoms with Gasteiger partial charge >= 0.3 is 6.18 Å². The van der Waals surface area contributed by atoms with Crippen LogP contribution in [0.25, 0.3) is 10.9 Å².